The maximum Gasteiger partial charge on any atom is 0.221 e. The van der Waals surface area contributed by atoms with Crippen LogP contribution >= 0.6 is 0 Å². The lowest BCUT2D eigenvalue weighted by atomic mass is 9.48. The highest BCUT2D eigenvalue weighted by Crippen LogP contribution is 2.60. The number of nitrogens with one attached hydrogen (secondary N) is 1. The molecule has 22 heavy (non-hydrogen) atoms. The fraction of sp³-hybridized carbons (Fsp3) is 0.611. The molecule has 0 aromatic heterocycles. The molecule has 0 unspecified atom stereocenters. The van der Waals surface area contributed by atoms with Crippen LogP contribution in [0.15, 0.2) is 12.1 Å². The van der Waals surface area contributed by atoms with Gasteiger partial charge in [0.2, 0.25) is 5.91 Å². The molecule has 4 bridgehead atoms. The quantitative estimate of drug-likeness (QED) is 0.862. The van der Waals surface area contributed by atoms with Gasteiger partial charge in [0.15, 0.2) is 0 Å². The number of rotatable bonds is 2. The second kappa shape index (κ2) is 4.77. The Morgan fingerprint density at radius 3 is 1.91 bits per heavy atom. The van der Waals surface area contributed by atoms with Crippen molar-refractivity contribution in [3.63, 3.8) is 0 Å². The molecular formula is C18H21F2NO. The number of amides is 1. The van der Waals surface area contributed by atoms with E-state index < -0.39 is 17.5 Å². The second-order valence-electron chi connectivity index (χ2n) is 7.69. The van der Waals surface area contributed by atoms with Gasteiger partial charge < -0.3 is 5.32 Å². The molecule has 1 N–H and O–H groups in total. The molecule has 0 saturated heterocycles. The summed E-state index contributed by atoms with van der Waals surface area (Å²) in [5, 5.41) is 2.25. The molecule has 0 atom stereocenters. The zero-order valence-electron chi connectivity index (χ0n) is 12.8. The van der Waals surface area contributed by atoms with Crippen LogP contribution in [0.3, 0.4) is 0 Å². The van der Waals surface area contributed by atoms with E-state index in [1.165, 1.54) is 38.3 Å². The van der Waals surface area contributed by atoms with E-state index in [1.54, 1.807) is 0 Å². The molecule has 0 heterocycles. The third kappa shape index (κ3) is 2.15. The summed E-state index contributed by atoms with van der Waals surface area (Å²) in [6.07, 6.45) is 7.10. The minimum atomic E-state index is -0.652. The smallest absolute Gasteiger partial charge is 0.221 e. The van der Waals surface area contributed by atoms with E-state index in [9.17, 15) is 13.6 Å². The van der Waals surface area contributed by atoms with Gasteiger partial charge in [-0.15, -0.1) is 0 Å². The zero-order valence-corrected chi connectivity index (χ0v) is 12.8. The van der Waals surface area contributed by atoms with E-state index in [1.807, 2.05) is 0 Å². The van der Waals surface area contributed by atoms with Gasteiger partial charge >= 0.3 is 0 Å². The van der Waals surface area contributed by atoms with Crippen LogP contribution in [0.5, 0.6) is 0 Å². The lowest BCUT2D eigenvalue weighted by Gasteiger charge is -2.57. The normalized spacial score (nSPS) is 35.7. The topological polar surface area (TPSA) is 29.1 Å². The van der Waals surface area contributed by atoms with Gasteiger partial charge in [-0.2, -0.15) is 0 Å². The number of carbonyl (C=O) groups excluding carboxylic acids is 1. The molecule has 4 fully saturated rings. The van der Waals surface area contributed by atoms with Gasteiger partial charge in [-0.3, -0.25) is 4.79 Å². The molecule has 0 radical (unpaired) electrons. The molecule has 1 amide bonds. The first-order valence-electron chi connectivity index (χ1n) is 8.22. The van der Waals surface area contributed by atoms with Gasteiger partial charge in [0, 0.05) is 6.92 Å². The van der Waals surface area contributed by atoms with Crippen molar-refractivity contribution in [2.75, 3.05) is 5.32 Å². The van der Waals surface area contributed by atoms with E-state index in [4.69, 9.17) is 0 Å². The highest BCUT2D eigenvalue weighted by Gasteiger charge is 2.51. The monoisotopic (exact) mass is 305 g/mol. The molecule has 1 aromatic rings. The van der Waals surface area contributed by atoms with Gasteiger partial charge in [-0.1, -0.05) is 0 Å². The van der Waals surface area contributed by atoms with Crippen LogP contribution < -0.4 is 5.32 Å². The Kier molecular flexibility index (Phi) is 3.07. The van der Waals surface area contributed by atoms with Crippen molar-refractivity contribution in [2.24, 2.45) is 17.8 Å². The van der Waals surface area contributed by atoms with Crippen molar-refractivity contribution in [1.29, 1.82) is 0 Å². The molecule has 4 heteroatoms. The average Bonchev–Trinajstić information content (AvgIpc) is 2.41. The lowest BCUT2D eigenvalue weighted by molar-refractivity contribution is -0.114. The maximum atomic E-state index is 14.3. The third-order valence-electron chi connectivity index (χ3n) is 5.99. The second-order valence-corrected chi connectivity index (χ2v) is 7.69. The Morgan fingerprint density at radius 1 is 1.05 bits per heavy atom. The number of anilines is 1. The number of carbonyl (C=O) groups is 1. The largest absolute Gasteiger partial charge is 0.321 e. The number of benzene rings is 1. The van der Waals surface area contributed by atoms with Crippen molar-refractivity contribution >= 4 is 11.6 Å². The minimum absolute atomic E-state index is 0.0365. The summed E-state index contributed by atoms with van der Waals surface area (Å²) < 4.78 is 28.6. The fourth-order valence-corrected chi connectivity index (χ4v) is 5.64. The molecule has 0 aliphatic heterocycles. The van der Waals surface area contributed by atoms with Crippen molar-refractivity contribution < 1.29 is 13.6 Å². The fourth-order valence-electron chi connectivity index (χ4n) is 5.64. The summed E-state index contributed by atoms with van der Waals surface area (Å²) in [6, 6.07) is 2.92. The molecule has 0 spiro atoms. The molecule has 4 saturated carbocycles. The Labute approximate surface area is 129 Å². The van der Waals surface area contributed by atoms with Crippen LogP contribution in [-0.2, 0) is 10.2 Å². The van der Waals surface area contributed by atoms with Crippen LogP contribution in [0.2, 0.25) is 0 Å². The molecule has 2 nitrogen and oxygen atoms in total. The predicted octanol–water partition coefficient (Wildman–Crippen LogP) is 4.39. The van der Waals surface area contributed by atoms with Crippen LogP contribution in [-0.4, -0.2) is 5.91 Å². The first-order chi connectivity index (χ1) is 10.4. The van der Waals surface area contributed by atoms with Gasteiger partial charge in [0.1, 0.15) is 17.3 Å². The molecule has 118 valence electrons. The van der Waals surface area contributed by atoms with Crippen molar-refractivity contribution in [3.05, 3.63) is 29.3 Å². The maximum absolute atomic E-state index is 14.3. The molecule has 4 aliphatic rings. The first kappa shape index (κ1) is 14.2. The van der Waals surface area contributed by atoms with Crippen molar-refractivity contribution in [2.45, 2.75) is 50.9 Å². The third-order valence-corrected chi connectivity index (χ3v) is 5.99. The van der Waals surface area contributed by atoms with Crippen LogP contribution in [0.4, 0.5) is 14.5 Å². The summed E-state index contributed by atoms with van der Waals surface area (Å²) in [6.45, 7) is 1.26. The zero-order chi connectivity index (χ0) is 15.5. The Morgan fingerprint density at radius 2 is 1.50 bits per heavy atom. The lowest BCUT2D eigenvalue weighted by Crippen LogP contribution is -2.48. The number of hydrogen-bond acceptors (Lipinski definition) is 1. The van der Waals surface area contributed by atoms with E-state index >= 15 is 0 Å². The van der Waals surface area contributed by atoms with Crippen molar-refractivity contribution in [1.82, 2.24) is 0 Å². The molecule has 5 rings (SSSR count). The Bertz CT molecular complexity index is 582. The van der Waals surface area contributed by atoms with Gasteiger partial charge in [-0.25, -0.2) is 8.78 Å². The predicted molar refractivity (Wildman–Crippen MR) is 80.5 cm³/mol. The highest BCUT2D eigenvalue weighted by molar-refractivity contribution is 5.89. The van der Waals surface area contributed by atoms with Gasteiger partial charge in [0.05, 0.1) is 0 Å². The van der Waals surface area contributed by atoms with Crippen LogP contribution in [0, 0.1) is 29.4 Å². The summed E-state index contributed by atoms with van der Waals surface area (Å²) >= 11 is 0. The summed E-state index contributed by atoms with van der Waals surface area (Å²) in [5.74, 6) is 0.425. The van der Waals surface area contributed by atoms with Gasteiger partial charge in [-0.05, 0) is 79.4 Å². The molecule has 1 aromatic carbocycles. The Balaban J connectivity index is 1.72. The van der Waals surface area contributed by atoms with E-state index in [-0.39, 0.29) is 11.1 Å². The summed E-state index contributed by atoms with van der Waals surface area (Å²) in [5.41, 5.74) is 0.447. The van der Waals surface area contributed by atoms with E-state index in [0.717, 1.165) is 42.6 Å². The van der Waals surface area contributed by atoms with Gasteiger partial charge in [0.25, 0.3) is 0 Å². The molecular weight excluding hydrogens is 284 g/mol. The minimum Gasteiger partial charge on any atom is -0.321 e. The SMILES string of the molecule is CC(=O)Nc1c(F)cc(C23CC4CC(CC(C4)C2)C3)cc1F. The summed E-state index contributed by atoms with van der Waals surface area (Å²) in [4.78, 5) is 11.1. The molecule has 4 aliphatic carbocycles. The number of hydrogen-bond donors (Lipinski definition) is 1. The number of halogens is 2. The van der Waals surface area contributed by atoms with Crippen LogP contribution in [0.1, 0.15) is 51.0 Å². The summed E-state index contributed by atoms with van der Waals surface area (Å²) in [7, 11) is 0. The standard InChI is InChI=1S/C18H21F2NO/c1-10(22)21-17-15(19)5-14(6-16(17)20)18-7-11-2-12(8-18)4-13(3-11)9-18/h5-6,11-13H,2-4,7-9H2,1H3,(H,21,22). The van der Waals surface area contributed by atoms with Crippen molar-refractivity contribution in [3.8, 4) is 0 Å². The first-order valence-corrected chi connectivity index (χ1v) is 8.22. The highest BCUT2D eigenvalue weighted by atomic mass is 19.1. The average molecular weight is 305 g/mol. The van der Waals surface area contributed by atoms with E-state index in [0.29, 0.717) is 0 Å². The van der Waals surface area contributed by atoms with Crippen LogP contribution in [0.25, 0.3) is 0 Å². The Hall–Kier alpha value is -1.45. The van der Waals surface area contributed by atoms with E-state index in [2.05, 4.69) is 5.32 Å².